The number of aromatic nitrogens is 2. The summed E-state index contributed by atoms with van der Waals surface area (Å²) in [5, 5.41) is 8.21. The van der Waals surface area contributed by atoms with Crippen molar-refractivity contribution in [3.63, 3.8) is 0 Å². The molecule has 2 saturated heterocycles. The van der Waals surface area contributed by atoms with Gasteiger partial charge in [-0.3, -0.25) is 24.5 Å². The fourth-order valence-electron chi connectivity index (χ4n) is 4.91. The van der Waals surface area contributed by atoms with Crippen LogP contribution in [0.5, 0.6) is 11.5 Å². The van der Waals surface area contributed by atoms with E-state index in [1.165, 1.54) is 5.56 Å². The van der Waals surface area contributed by atoms with E-state index in [-0.39, 0.29) is 30.9 Å². The molecule has 0 radical (unpaired) electrons. The van der Waals surface area contributed by atoms with Gasteiger partial charge in [0.05, 0.1) is 11.4 Å². The van der Waals surface area contributed by atoms with E-state index in [4.69, 9.17) is 9.47 Å². The van der Waals surface area contributed by atoms with Crippen LogP contribution in [-0.4, -0.2) is 71.3 Å². The van der Waals surface area contributed by atoms with Crippen molar-refractivity contribution in [3.8, 4) is 11.5 Å². The third-order valence-corrected chi connectivity index (χ3v) is 6.71. The van der Waals surface area contributed by atoms with Crippen molar-refractivity contribution < 1.29 is 19.1 Å². The van der Waals surface area contributed by atoms with Crippen LogP contribution in [0.25, 0.3) is 10.9 Å². The first-order chi connectivity index (χ1) is 16.2. The third kappa shape index (κ3) is 3.68. The van der Waals surface area contributed by atoms with E-state index in [2.05, 4.69) is 21.2 Å². The number of hydrogen-bond acceptors (Lipinski definition) is 6. The van der Waals surface area contributed by atoms with Crippen molar-refractivity contribution in [2.45, 2.75) is 13.0 Å². The zero-order chi connectivity index (χ0) is 22.4. The number of nitrogens with zero attached hydrogens (tertiary/aromatic N) is 4. The average molecular weight is 447 g/mol. The second-order valence-electron chi connectivity index (χ2n) is 8.79. The largest absolute Gasteiger partial charge is 0.454 e. The lowest BCUT2D eigenvalue weighted by Gasteiger charge is -2.35. The van der Waals surface area contributed by atoms with Crippen molar-refractivity contribution in [1.29, 1.82) is 0 Å². The van der Waals surface area contributed by atoms with Crippen LogP contribution in [0.3, 0.4) is 0 Å². The van der Waals surface area contributed by atoms with Crippen molar-refractivity contribution in [3.05, 3.63) is 48.0 Å². The number of carbonyl (C=O) groups is 2. The molecular formula is C24H25N5O4. The predicted molar refractivity (Wildman–Crippen MR) is 121 cm³/mol. The number of nitrogens with one attached hydrogen (secondary N) is 1. The number of fused-ring (bicyclic) bond motifs is 2. The molecule has 2 amide bonds. The third-order valence-electron chi connectivity index (χ3n) is 6.71. The Kier molecular flexibility index (Phi) is 4.91. The van der Waals surface area contributed by atoms with E-state index >= 15 is 0 Å². The topological polar surface area (TPSA) is 91.0 Å². The molecule has 1 N–H and O–H groups in total. The van der Waals surface area contributed by atoms with Gasteiger partial charge < -0.3 is 14.4 Å². The maximum atomic E-state index is 13.2. The number of para-hydroxylation sites is 1. The molecule has 0 unspecified atom stereocenters. The Bertz CT molecular complexity index is 1220. The van der Waals surface area contributed by atoms with E-state index in [1.807, 2.05) is 41.3 Å². The molecular weight excluding hydrogens is 422 g/mol. The van der Waals surface area contributed by atoms with Gasteiger partial charge in [0, 0.05) is 51.1 Å². The lowest BCUT2D eigenvalue weighted by Crippen LogP contribution is -2.50. The molecule has 4 heterocycles. The molecule has 0 aliphatic carbocycles. The van der Waals surface area contributed by atoms with Crippen LogP contribution in [0.2, 0.25) is 0 Å². The fraction of sp³-hybridized carbons (Fsp3) is 0.375. The van der Waals surface area contributed by atoms with Crippen molar-refractivity contribution in [2.75, 3.05) is 44.4 Å². The minimum atomic E-state index is -0.326. The Hall–Kier alpha value is -3.59. The number of rotatable bonds is 4. The van der Waals surface area contributed by atoms with Crippen LogP contribution >= 0.6 is 0 Å². The summed E-state index contributed by atoms with van der Waals surface area (Å²) in [4.78, 5) is 31.8. The van der Waals surface area contributed by atoms with Gasteiger partial charge in [0.25, 0.3) is 0 Å². The highest BCUT2D eigenvalue weighted by Gasteiger charge is 2.39. The Morgan fingerprint density at radius 3 is 2.76 bits per heavy atom. The van der Waals surface area contributed by atoms with E-state index in [0.29, 0.717) is 25.5 Å². The normalized spacial score (nSPS) is 20.7. The van der Waals surface area contributed by atoms with Crippen LogP contribution in [0, 0.1) is 5.92 Å². The first-order valence-corrected chi connectivity index (χ1v) is 11.3. The summed E-state index contributed by atoms with van der Waals surface area (Å²) in [5.41, 5.74) is 2.05. The van der Waals surface area contributed by atoms with Gasteiger partial charge in [-0.2, -0.15) is 5.10 Å². The molecule has 9 nitrogen and oxygen atoms in total. The number of anilines is 1. The minimum Gasteiger partial charge on any atom is -0.454 e. The maximum absolute atomic E-state index is 13.2. The van der Waals surface area contributed by atoms with Crippen molar-refractivity contribution >= 4 is 28.5 Å². The zero-order valence-electron chi connectivity index (χ0n) is 18.2. The highest BCUT2D eigenvalue weighted by Crippen LogP contribution is 2.33. The van der Waals surface area contributed by atoms with Gasteiger partial charge in [0.15, 0.2) is 17.3 Å². The van der Waals surface area contributed by atoms with Gasteiger partial charge >= 0.3 is 0 Å². The summed E-state index contributed by atoms with van der Waals surface area (Å²) in [6.07, 6.45) is 0.234. The molecule has 2 aromatic carbocycles. The molecule has 3 aromatic rings. The Labute approximate surface area is 190 Å². The van der Waals surface area contributed by atoms with Crippen LogP contribution in [0.1, 0.15) is 12.0 Å². The first kappa shape index (κ1) is 20.0. The van der Waals surface area contributed by atoms with Gasteiger partial charge in [-0.1, -0.05) is 18.2 Å². The van der Waals surface area contributed by atoms with Crippen molar-refractivity contribution in [1.82, 2.24) is 20.0 Å². The molecule has 1 aromatic heterocycles. The van der Waals surface area contributed by atoms with Crippen LogP contribution in [0.4, 0.5) is 5.82 Å². The monoisotopic (exact) mass is 447 g/mol. The maximum Gasteiger partial charge on any atom is 0.231 e. The van der Waals surface area contributed by atoms with E-state index in [0.717, 1.165) is 42.0 Å². The molecule has 9 heteroatoms. The van der Waals surface area contributed by atoms with E-state index in [9.17, 15) is 9.59 Å². The Morgan fingerprint density at radius 1 is 1.06 bits per heavy atom. The fourth-order valence-corrected chi connectivity index (χ4v) is 4.91. The van der Waals surface area contributed by atoms with Gasteiger partial charge in [-0.25, -0.2) is 0 Å². The summed E-state index contributed by atoms with van der Waals surface area (Å²) in [6.45, 7) is 4.39. The first-order valence-electron chi connectivity index (χ1n) is 11.3. The zero-order valence-corrected chi connectivity index (χ0v) is 18.2. The van der Waals surface area contributed by atoms with Gasteiger partial charge in [-0.05, 0) is 29.8 Å². The van der Waals surface area contributed by atoms with Gasteiger partial charge in [0.2, 0.25) is 18.6 Å². The molecule has 2 fully saturated rings. The number of H-pyrrole nitrogens is 1. The summed E-state index contributed by atoms with van der Waals surface area (Å²) in [6, 6.07) is 13.7. The Morgan fingerprint density at radius 2 is 1.88 bits per heavy atom. The minimum absolute atomic E-state index is 0.0490. The molecule has 1 atom stereocenters. The number of ether oxygens (including phenoxy) is 2. The SMILES string of the molecule is O=C([C@@H]1CC(=O)N(c2n[nH]c3ccccc23)C1)N1CCN(Cc2ccc3c(c2)OCO3)CC1. The highest BCUT2D eigenvalue weighted by atomic mass is 16.7. The second kappa shape index (κ2) is 8.08. The molecule has 33 heavy (non-hydrogen) atoms. The molecule has 3 aliphatic heterocycles. The molecule has 0 bridgehead atoms. The lowest BCUT2D eigenvalue weighted by molar-refractivity contribution is -0.137. The summed E-state index contributed by atoms with van der Waals surface area (Å²) >= 11 is 0. The second-order valence-corrected chi connectivity index (χ2v) is 8.79. The summed E-state index contributed by atoms with van der Waals surface area (Å²) in [7, 11) is 0. The van der Waals surface area contributed by atoms with Crippen LogP contribution in [-0.2, 0) is 16.1 Å². The van der Waals surface area contributed by atoms with Crippen LogP contribution in [0.15, 0.2) is 42.5 Å². The molecule has 0 spiro atoms. The van der Waals surface area contributed by atoms with E-state index in [1.54, 1.807) is 4.90 Å². The molecule has 0 saturated carbocycles. The number of carbonyl (C=O) groups excluding carboxylic acids is 2. The average Bonchev–Trinajstić information content (AvgIpc) is 3.57. The summed E-state index contributed by atoms with van der Waals surface area (Å²) in [5.74, 6) is 1.88. The van der Waals surface area contributed by atoms with Crippen LogP contribution < -0.4 is 14.4 Å². The number of amides is 2. The number of hydrogen-bond donors (Lipinski definition) is 1. The number of piperazine rings is 1. The quantitative estimate of drug-likeness (QED) is 0.658. The Balaban J connectivity index is 1.06. The van der Waals surface area contributed by atoms with E-state index < -0.39 is 0 Å². The van der Waals surface area contributed by atoms with Crippen molar-refractivity contribution in [2.24, 2.45) is 5.92 Å². The molecule has 6 rings (SSSR count). The standard InChI is InChI=1S/C24H25N5O4/c30-22-12-17(14-29(22)23-18-3-1-2-4-19(18)25-26-23)24(31)28-9-7-27(8-10-28)13-16-5-6-20-21(11-16)33-15-32-20/h1-6,11,17H,7-10,12-15H2,(H,25,26)/t17-/m1/s1. The highest BCUT2D eigenvalue weighted by molar-refractivity contribution is 6.05. The van der Waals surface area contributed by atoms with Gasteiger partial charge in [0.1, 0.15) is 0 Å². The number of aromatic amines is 1. The number of benzene rings is 2. The molecule has 170 valence electrons. The predicted octanol–water partition coefficient (Wildman–Crippen LogP) is 1.99. The lowest BCUT2D eigenvalue weighted by atomic mass is 10.1. The smallest absolute Gasteiger partial charge is 0.231 e. The molecule has 3 aliphatic rings. The summed E-state index contributed by atoms with van der Waals surface area (Å²) < 4.78 is 10.8. The van der Waals surface area contributed by atoms with Gasteiger partial charge in [-0.15, -0.1) is 0 Å².